The number of nitrogens with zero attached hydrogens (tertiary/aromatic N) is 5. The maximum atomic E-state index is 14.5. The van der Waals surface area contributed by atoms with E-state index in [4.69, 9.17) is 9.26 Å². The average molecular weight is 723 g/mol. The van der Waals surface area contributed by atoms with Gasteiger partial charge in [-0.05, 0) is 62.6 Å². The van der Waals surface area contributed by atoms with Crippen molar-refractivity contribution in [3.63, 3.8) is 0 Å². The van der Waals surface area contributed by atoms with Crippen LogP contribution < -0.4 is 5.32 Å². The molecule has 5 heterocycles. The topological polar surface area (TPSA) is 196 Å². The number of carbonyl (C=O) groups is 4. The third-order valence-electron chi connectivity index (χ3n) is 9.75. The fraction of sp³-hybridized carbons (Fsp3) is 0.412. The first-order valence-electron chi connectivity index (χ1n) is 16.6. The zero-order valence-electron chi connectivity index (χ0n) is 27.6. The van der Waals surface area contributed by atoms with Crippen molar-refractivity contribution in [1.82, 2.24) is 30.2 Å². The molecule has 51 heavy (non-hydrogen) atoms. The SMILES string of the molecule is Cc1ccc2onc(C(=O)N3CC[C@H]4CC[C@@H](C(=O)N5CCOCC5)N4C(=O)[C@@H](NC(=O)c4ccc5ncc(C(F)P(=O)(O)O)cc5c4)C3)c2c1. The minimum absolute atomic E-state index is 0.0534. The molecular weight excluding hydrogens is 686 g/mol. The highest BCUT2D eigenvalue weighted by atomic mass is 31.2. The van der Waals surface area contributed by atoms with Crippen molar-refractivity contribution in [2.24, 2.45) is 0 Å². The highest BCUT2D eigenvalue weighted by Crippen LogP contribution is 2.52. The molecule has 4 aromatic rings. The van der Waals surface area contributed by atoms with E-state index in [2.05, 4.69) is 15.5 Å². The minimum atomic E-state index is -5.11. The Labute approximate surface area is 290 Å². The molecule has 3 saturated heterocycles. The van der Waals surface area contributed by atoms with Gasteiger partial charge >= 0.3 is 7.60 Å². The zero-order valence-corrected chi connectivity index (χ0v) is 28.5. The summed E-state index contributed by atoms with van der Waals surface area (Å²) in [5.74, 6) is -4.47. The number of carbonyl (C=O) groups excluding carboxylic acids is 4. The van der Waals surface area contributed by atoms with E-state index in [1.54, 1.807) is 21.9 Å². The number of nitrogens with one attached hydrogen (secondary N) is 1. The van der Waals surface area contributed by atoms with Gasteiger partial charge in [-0.3, -0.25) is 28.7 Å². The van der Waals surface area contributed by atoms with Gasteiger partial charge in [0.1, 0.15) is 12.1 Å². The third kappa shape index (κ3) is 6.84. The second-order valence-corrected chi connectivity index (χ2v) is 14.8. The number of pyridine rings is 1. The van der Waals surface area contributed by atoms with E-state index in [1.165, 1.54) is 29.2 Å². The van der Waals surface area contributed by atoms with Crippen LogP contribution in [0.15, 0.2) is 53.2 Å². The number of alkyl halides is 1. The van der Waals surface area contributed by atoms with E-state index >= 15 is 0 Å². The molecule has 7 rings (SSSR count). The Morgan fingerprint density at radius 1 is 1.02 bits per heavy atom. The maximum absolute atomic E-state index is 14.5. The van der Waals surface area contributed by atoms with Crippen molar-refractivity contribution in [2.45, 2.75) is 50.2 Å². The van der Waals surface area contributed by atoms with Crippen LogP contribution in [0.2, 0.25) is 0 Å². The molecule has 1 unspecified atom stereocenters. The fourth-order valence-electron chi connectivity index (χ4n) is 7.12. The van der Waals surface area contributed by atoms with Gasteiger partial charge < -0.3 is 39.1 Å². The number of fused-ring (bicyclic) bond motifs is 3. The quantitative estimate of drug-likeness (QED) is 0.248. The molecule has 3 aliphatic heterocycles. The van der Waals surface area contributed by atoms with Crippen LogP contribution in [0.5, 0.6) is 0 Å². The molecule has 2 aromatic heterocycles. The Morgan fingerprint density at radius 2 is 1.80 bits per heavy atom. The van der Waals surface area contributed by atoms with Crippen molar-refractivity contribution in [2.75, 3.05) is 39.4 Å². The second kappa shape index (κ2) is 13.8. The first kappa shape index (κ1) is 34.7. The number of morpholine rings is 1. The predicted molar refractivity (Wildman–Crippen MR) is 179 cm³/mol. The van der Waals surface area contributed by atoms with E-state index in [1.807, 2.05) is 13.0 Å². The van der Waals surface area contributed by atoms with E-state index in [0.717, 1.165) is 11.8 Å². The molecule has 15 nitrogen and oxygen atoms in total. The van der Waals surface area contributed by atoms with Crippen LogP contribution in [0.3, 0.4) is 0 Å². The minimum Gasteiger partial charge on any atom is -0.378 e. The number of hydrogen-bond acceptors (Lipinski definition) is 9. The van der Waals surface area contributed by atoms with Crippen LogP contribution in [0.1, 0.15) is 57.1 Å². The molecule has 2 aromatic carbocycles. The molecule has 4 atom stereocenters. The predicted octanol–water partition coefficient (Wildman–Crippen LogP) is 2.69. The molecule has 0 saturated carbocycles. The summed E-state index contributed by atoms with van der Waals surface area (Å²) in [6, 6.07) is 8.47. The summed E-state index contributed by atoms with van der Waals surface area (Å²) in [5, 5.41) is 7.58. The van der Waals surface area contributed by atoms with E-state index in [0.29, 0.717) is 62.1 Å². The lowest BCUT2D eigenvalue weighted by Gasteiger charge is -2.40. The van der Waals surface area contributed by atoms with Gasteiger partial charge in [0.25, 0.3) is 11.8 Å². The number of rotatable bonds is 6. The number of amides is 4. The van der Waals surface area contributed by atoms with Gasteiger partial charge in [-0.25, -0.2) is 4.39 Å². The zero-order chi connectivity index (χ0) is 36.0. The molecule has 3 N–H and O–H groups in total. The van der Waals surface area contributed by atoms with Crippen molar-refractivity contribution in [1.29, 1.82) is 0 Å². The first-order valence-corrected chi connectivity index (χ1v) is 18.3. The van der Waals surface area contributed by atoms with Gasteiger partial charge in [-0.2, -0.15) is 0 Å². The monoisotopic (exact) mass is 722 g/mol. The fourth-order valence-corrected chi connectivity index (χ4v) is 7.65. The average Bonchev–Trinajstić information content (AvgIpc) is 3.74. The van der Waals surface area contributed by atoms with E-state index in [9.17, 15) is 37.9 Å². The van der Waals surface area contributed by atoms with Gasteiger partial charge in [-0.15, -0.1) is 0 Å². The Balaban J connectivity index is 1.20. The number of hydrogen-bond donors (Lipinski definition) is 3. The Hall–Kier alpha value is -4.76. The molecule has 3 aliphatic rings. The standard InChI is InChI=1S/C34H36FN6O9P/c1-19-2-7-28-24(14-19)29(38-50-28)34(45)40-9-8-23-4-6-27(33(44)39-10-12-49-13-11-39)41(23)32(43)26(18-40)37-31(42)20-3-5-25-21(15-20)16-22(17-36-25)30(35)51(46,47)48/h2-3,5,7,14-17,23,26-27,30H,4,6,8-13,18H2,1H3,(H,37,42)(H2,46,47,48)/t23-,26+,27+,30?/m1/s1. The number of benzene rings is 2. The number of aromatic nitrogens is 2. The van der Waals surface area contributed by atoms with Gasteiger partial charge in [0.05, 0.1) is 30.7 Å². The van der Waals surface area contributed by atoms with E-state index < -0.39 is 43.3 Å². The van der Waals surface area contributed by atoms with Gasteiger partial charge in [0.15, 0.2) is 11.3 Å². The second-order valence-electron chi connectivity index (χ2n) is 13.1. The summed E-state index contributed by atoms with van der Waals surface area (Å²) < 4.78 is 36.8. The summed E-state index contributed by atoms with van der Waals surface area (Å²) in [4.78, 5) is 83.5. The lowest BCUT2D eigenvalue weighted by atomic mass is 10.0. The number of aryl methyl sites for hydroxylation is 1. The molecule has 4 amide bonds. The summed E-state index contributed by atoms with van der Waals surface area (Å²) >= 11 is 0. The molecule has 0 radical (unpaired) electrons. The summed E-state index contributed by atoms with van der Waals surface area (Å²) in [5.41, 5.74) is 1.44. The number of ether oxygens (including phenoxy) is 1. The van der Waals surface area contributed by atoms with E-state index in [-0.39, 0.29) is 47.2 Å². The van der Waals surface area contributed by atoms with Crippen LogP contribution in [0.25, 0.3) is 21.9 Å². The normalized spacial score (nSPS) is 22.1. The van der Waals surface area contributed by atoms with Gasteiger partial charge in [-0.1, -0.05) is 16.8 Å². The Bertz CT molecular complexity index is 2080. The first-order chi connectivity index (χ1) is 24.4. The van der Waals surface area contributed by atoms with Crippen molar-refractivity contribution >= 4 is 53.1 Å². The Kier molecular flexibility index (Phi) is 9.35. The molecule has 268 valence electrons. The molecule has 0 aliphatic carbocycles. The highest BCUT2D eigenvalue weighted by molar-refractivity contribution is 7.51. The largest absolute Gasteiger partial charge is 0.378 e. The molecule has 0 spiro atoms. The van der Waals surface area contributed by atoms with Crippen LogP contribution >= 0.6 is 7.60 Å². The summed E-state index contributed by atoms with van der Waals surface area (Å²) in [6.45, 7) is 3.48. The lowest BCUT2D eigenvalue weighted by molar-refractivity contribution is -0.149. The highest BCUT2D eigenvalue weighted by Gasteiger charge is 2.47. The van der Waals surface area contributed by atoms with Crippen molar-refractivity contribution < 1.29 is 47.2 Å². The Morgan fingerprint density at radius 3 is 2.57 bits per heavy atom. The van der Waals surface area contributed by atoms with Crippen LogP contribution in [-0.2, 0) is 18.9 Å². The third-order valence-corrected chi connectivity index (χ3v) is 10.6. The smallest absolute Gasteiger partial charge is 0.364 e. The maximum Gasteiger partial charge on any atom is 0.364 e. The van der Waals surface area contributed by atoms with Gasteiger partial charge in [0, 0.05) is 48.4 Å². The van der Waals surface area contributed by atoms with Gasteiger partial charge in [0.2, 0.25) is 17.7 Å². The molecule has 0 bridgehead atoms. The lowest BCUT2D eigenvalue weighted by Crippen LogP contribution is -2.61. The van der Waals surface area contributed by atoms with Crippen molar-refractivity contribution in [3.05, 3.63) is 71.0 Å². The van der Waals surface area contributed by atoms with Crippen LogP contribution in [0, 0.1) is 6.92 Å². The van der Waals surface area contributed by atoms with Crippen molar-refractivity contribution in [3.8, 4) is 0 Å². The molecular formula is C34H36FN6O9P. The van der Waals surface area contributed by atoms with Crippen LogP contribution in [0.4, 0.5) is 4.39 Å². The summed E-state index contributed by atoms with van der Waals surface area (Å²) in [6.07, 6.45) is 2.39. The molecule has 3 fully saturated rings. The van der Waals surface area contributed by atoms with Crippen LogP contribution in [-0.4, -0.2) is 116 Å². The number of halogens is 1. The summed E-state index contributed by atoms with van der Waals surface area (Å²) in [7, 11) is -5.11. The molecule has 17 heteroatoms.